The Balaban J connectivity index is 1.94. The van der Waals surface area contributed by atoms with Crippen molar-refractivity contribution >= 4 is 23.2 Å². The van der Waals surface area contributed by atoms with Crippen molar-refractivity contribution in [3.8, 4) is 5.75 Å². The van der Waals surface area contributed by atoms with Gasteiger partial charge in [0.15, 0.2) is 0 Å². The molecule has 0 atom stereocenters. The summed E-state index contributed by atoms with van der Waals surface area (Å²) in [4.78, 5) is 0. The number of halogens is 2. The van der Waals surface area contributed by atoms with Crippen LogP contribution in [0.15, 0.2) is 12.1 Å². The standard InChI is InChI=1S/C13H17Cl2NO2/c14-10-5-9(12(17)11(15)6-10)7-16-8-13(18)3-1-2-4-13/h5-6,16-18H,1-4,7-8H2. The van der Waals surface area contributed by atoms with Gasteiger partial charge < -0.3 is 15.5 Å². The van der Waals surface area contributed by atoms with Crippen molar-refractivity contribution in [2.24, 2.45) is 0 Å². The van der Waals surface area contributed by atoms with Gasteiger partial charge in [-0.15, -0.1) is 0 Å². The van der Waals surface area contributed by atoms with E-state index >= 15 is 0 Å². The number of phenols is 1. The Kier molecular flexibility index (Phi) is 4.38. The van der Waals surface area contributed by atoms with Crippen LogP contribution in [0.25, 0.3) is 0 Å². The van der Waals surface area contributed by atoms with Crippen molar-refractivity contribution in [3.05, 3.63) is 27.7 Å². The zero-order chi connectivity index (χ0) is 13.2. The summed E-state index contributed by atoms with van der Waals surface area (Å²) < 4.78 is 0. The summed E-state index contributed by atoms with van der Waals surface area (Å²) in [6, 6.07) is 3.18. The number of hydrogen-bond acceptors (Lipinski definition) is 3. The molecule has 0 bridgehead atoms. The molecule has 5 heteroatoms. The van der Waals surface area contributed by atoms with Gasteiger partial charge in [-0.3, -0.25) is 0 Å². The first-order valence-electron chi connectivity index (χ1n) is 6.10. The maximum absolute atomic E-state index is 10.2. The molecule has 1 aliphatic rings. The van der Waals surface area contributed by atoms with Crippen LogP contribution in [0.1, 0.15) is 31.2 Å². The van der Waals surface area contributed by atoms with E-state index in [1.165, 1.54) is 6.07 Å². The van der Waals surface area contributed by atoms with Crippen LogP contribution in [0.3, 0.4) is 0 Å². The van der Waals surface area contributed by atoms with Gasteiger partial charge in [-0.2, -0.15) is 0 Å². The highest BCUT2D eigenvalue weighted by Gasteiger charge is 2.30. The largest absolute Gasteiger partial charge is 0.506 e. The molecule has 1 aromatic carbocycles. The molecular weight excluding hydrogens is 273 g/mol. The molecule has 1 aromatic rings. The first kappa shape index (κ1) is 13.9. The van der Waals surface area contributed by atoms with E-state index in [1.807, 2.05) is 0 Å². The third-order valence-corrected chi connectivity index (χ3v) is 3.92. The van der Waals surface area contributed by atoms with Gasteiger partial charge >= 0.3 is 0 Å². The molecule has 0 heterocycles. The molecule has 1 fully saturated rings. The molecule has 0 amide bonds. The topological polar surface area (TPSA) is 52.5 Å². The highest BCUT2D eigenvalue weighted by atomic mass is 35.5. The van der Waals surface area contributed by atoms with Crippen LogP contribution in [0.5, 0.6) is 5.75 Å². The fourth-order valence-corrected chi connectivity index (χ4v) is 2.93. The van der Waals surface area contributed by atoms with Gasteiger partial charge in [0.25, 0.3) is 0 Å². The van der Waals surface area contributed by atoms with Crippen molar-refractivity contribution in [2.75, 3.05) is 6.54 Å². The second-order valence-electron chi connectivity index (χ2n) is 4.93. The van der Waals surface area contributed by atoms with Crippen LogP contribution in [0, 0.1) is 0 Å². The van der Waals surface area contributed by atoms with Crippen LogP contribution in [0.4, 0.5) is 0 Å². The molecule has 0 spiro atoms. The molecule has 0 unspecified atom stereocenters. The third-order valence-electron chi connectivity index (χ3n) is 3.41. The Morgan fingerprint density at radius 1 is 1.22 bits per heavy atom. The Bertz CT molecular complexity index is 431. The van der Waals surface area contributed by atoms with E-state index in [9.17, 15) is 10.2 Å². The minimum Gasteiger partial charge on any atom is -0.506 e. The van der Waals surface area contributed by atoms with Crippen molar-refractivity contribution in [1.29, 1.82) is 0 Å². The van der Waals surface area contributed by atoms with Crippen LogP contribution in [0.2, 0.25) is 10.0 Å². The Hall–Kier alpha value is -0.480. The molecule has 2 rings (SSSR count). The highest BCUT2D eigenvalue weighted by Crippen LogP contribution is 2.32. The van der Waals surface area contributed by atoms with Gasteiger partial charge in [-0.25, -0.2) is 0 Å². The second-order valence-corrected chi connectivity index (χ2v) is 5.77. The van der Waals surface area contributed by atoms with Crippen molar-refractivity contribution in [1.82, 2.24) is 5.32 Å². The first-order valence-corrected chi connectivity index (χ1v) is 6.86. The van der Waals surface area contributed by atoms with Crippen LogP contribution in [-0.4, -0.2) is 22.4 Å². The van der Waals surface area contributed by atoms with E-state index in [2.05, 4.69) is 5.32 Å². The van der Waals surface area contributed by atoms with E-state index in [0.29, 0.717) is 23.7 Å². The van der Waals surface area contributed by atoms with Crippen molar-refractivity contribution < 1.29 is 10.2 Å². The summed E-state index contributed by atoms with van der Waals surface area (Å²) in [5, 5.41) is 23.9. The SMILES string of the molecule is Oc1c(Cl)cc(Cl)cc1CNCC1(O)CCCC1. The predicted molar refractivity (Wildman–Crippen MR) is 73.3 cm³/mol. The summed E-state index contributed by atoms with van der Waals surface area (Å²) in [6.45, 7) is 0.963. The number of hydrogen-bond donors (Lipinski definition) is 3. The lowest BCUT2D eigenvalue weighted by molar-refractivity contribution is 0.0474. The quantitative estimate of drug-likeness (QED) is 0.798. The van der Waals surface area contributed by atoms with E-state index in [4.69, 9.17) is 23.2 Å². The molecule has 0 aromatic heterocycles. The van der Waals surface area contributed by atoms with Gasteiger partial charge in [0.05, 0.1) is 10.6 Å². The summed E-state index contributed by atoms with van der Waals surface area (Å²) in [6.07, 6.45) is 3.82. The van der Waals surface area contributed by atoms with Gasteiger partial charge in [-0.05, 0) is 25.0 Å². The van der Waals surface area contributed by atoms with E-state index in [1.54, 1.807) is 6.07 Å². The van der Waals surface area contributed by atoms with Gasteiger partial charge in [0, 0.05) is 23.7 Å². The average molecular weight is 290 g/mol. The van der Waals surface area contributed by atoms with E-state index < -0.39 is 5.60 Å². The number of rotatable bonds is 4. The van der Waals surface area contributed by atoms with Crippen molar-refractivity contribution in [2.45, 2.75) is 37.8 Å². The van der Waals surface area contributed by atoms with Crippen molar-refractivity contribution in [3.63, 3.8) is 0 Å². The molecule has 100 valence electrons. The fraction of sp³-hybridized carbons (Fsp3) is 0.538. The Morgan fingerprint density at radius 2 is 1.89 bits per heavy atom. The summed E-state index contributed by atoms with van der Waals surface area (Å²) in [7, 11) is 0. The Labute approximate surface area is 117 Å². The molecule has 3 N–H and O–H groups in total. The lowest BCUT2D eigenvalue weighted by Gasteiger charge is -2.22. The zero-order valence-electron chi connectivity index (χ0n) is 10.0. The maximum Gasteiger partial charge on any atom is 0.138 e. The van der Waals surface area contributed by atoms with Crippen LogP contribution < -0.4 is 5.32 Å². The fourth-order valence-electron chi connectivity index (χ4n) is 2.39. The predicted octanol–water partition coefficient (Wildman–Crippen LogP) is 3.09. The Morgan fingerprint density at radius 3 is 2.56 bits per heavy atom. The zero-order valence-corrected chi connectivity index (χ0v) is 11.6. The lowest BCUT2D eigenvalue weighted by atomic mass is 10.0. The minimum atomic E-state index is -0.599. The van der Waals surface area contributed by atoms with E-state index in [0.717, 1.165) is 25.7 Å². The maximum atomic E-state index is 10.2. The second kappa shape index (κ2) is 5.66. The lowest BCUT2D eigenvalue weighted by Crippen LogP contribution is -2.37. The van der Waals surface area contributed by atoms with Gasteiger partial charge in [0.2, 0.25) is 0 Å². The molecule has 0 aliphatic heterocycles. The number of phenolic OH excluding ortho intramolecular Hbond substituents is 1. The normalized spacial score (nSPS) is 18.2. The van der Waals surface area contributed by atoms with Crippen LogP contribution in [-0.2, 0) is 6.54 Å². The highest BCUT2D eigenvalue weighted by molar-refractivity contribution is 6.35. The number of aliphatic hydroxyl groups is 1. The summed E-state index contributed by atoms with van der Waals surface area (Å²) >= 11 is 11.7. The summed E-state index contributed by atoms with van der Waals surface area (Å²) in [5.74, 6) is 0.0481. The molecule has 0 radical (unpaired) electrons. The third kappa shape index (κ3) is 3.29. The molecule has 1 aliphatic carbocycles. The summed E-state index contributed by atoms with van der Waals surface area (Å²) in [5.41, 5.74) is 0.0481. The average Bonchev–Trinajstić information content (AvgIpc) is 2.72. The van der Waals surface area contributed by atoms with Gasteiger partial charge in [0.1, 0.15) is 5.75 Å². The molecule has 0 saturated heterocycles. The van der Waals surface area contributed by atoms with Gasteiger partial charge in [-0.1, -0.05) is 36.0 Å². The number of aromatic hydroxyl groups is 1. The monoisotopic (exact) mass is 289 g/mol. The number of benzene rings is 1. The molecule has 3 nitrogen and oxygen atoms in total. The smallest absolute Gasteiger partial charge is 0.138 e. The molecule has 18 heavy (non-hydrogen) atoms. The number of nitrogens with one attached hydrogen (secondary N) is 1. The molecule has 1 saturated carbocycles. The minimum absolute atomic E-state index is 0.0481. The van der Waals surface area contributed by atoms with Crippen LogP contribution >= 0.6 is 23.2 Å². The van der Waals surface area contributed by atoms with E-state index in [-0.39, 0.29) is 10.8 Å². The first-order chi connectivity index (χ1) is 8.50. The molecular formula is C13H17Cl2NO2.